The van der Waals surface area contributed by atoms with Crippen LogP contribution in [0.25, 0.3) is 0 Å². The maximum absolute atomic E-state index is 9.61. The third-order valence-corrected chi connectivity index (χ3v) is 2.22. The lowest BCUT2D eigenvalue weighted by molar-refractivity contribution is 0.101. The maximum Gasteiger partial charge on any atom is 0.0566 e. The van der Waals surface area contributed by atoms with Gasteiger partial charge in [-0.15, -0.1) is 12.3 Å². The molecule has 0 aromatic heterocycles. The molecule has 0 amide bonds. The number of rotatable bonds is 6. The molecule has 12 heavy (non-hydrogen) atoms. The van der Waals surface area contributed by atoms with Crippen molar-refractivity contribution >= 4 is 0 Å². The molecule has 0 aromatic rings. The fourth-order valence-electron chi connectivity index (χ4n) is 1.35. The highest BCUT2D eigenvalue weighted by Crippen LogP contribution is 2.15. The first-order chi connectivity index (χ1) is 5.72. The van der Waals surface area contributed by atoms with Crippen molar-refractivity contribution in [2.24, 2.45) is 5.92 Å². The van der Waals surface area contributed by atoms with Gasteiger partial charge in [0, 0.05) is 6.42 Å². The molecule has 70 valence electrons. The van der Waals surface area contributed by atoms with Gasteiger partial charge in [-0.05, 0) is 25.2 Å². The van der Waals surface area contributed by atoms with Gasteiger partial charge in [0.2, 0.25) is 0 Å². The van der Waals surface area contributed by atoms with Crippen molar-refractivity contribution in [3.05, 3.63) is 0 Å². The van der Waals surface area contributed by atoms with Crippen molar-refractivity contribution in [2.45, 2.75) is 52.1 Å². The summed E-state index contributed by atoms with van der Waals surface area (Å²) >= 11 is 0. The van der Waals surface area contributed by atoms with E-state index in [4.69, 9.17) is 6.42 Å². The number of hydrogen-bond donors (Lipinski definition) is 1. The highest BCUT2D eigenvalue weighted by Gasteiger charge is 2.11. The van der Waals surface area contributed by atoms with Crippen LogP contribution in [0.15, 0.2) is 0 Å². The topological polar surface area (TPSA) is 20.2 Å². The van der Waals surface area contributed by atoms with E-state index in [1.54, 1.807) is 0 Å². The van der Waals surface area contributed by atoms with Gasteiger partial charge in [-0.1, -0.05) is 20.3 Å². The van der Waals surface area contributed by atoms with Crippen LogP contribution in [0, 0.1) is 18.3 Å². The Labute approximate surface area is 76.2 Å². The average molecular weight is 168 g/mol. The Balaban J connectivity index is 3.43. The lowest BCUT2D eigenvalue weighted by Gasteiger charge is -2.17. The molecule has 0 aromatic carbocycles. The minimum Gasteiger partial charge on any atom is -0.393 e. The van der Waals surface area contributed by atoms with Gasteiger partial charge in [0.15, 0.2) is 0 Å². The SMILES string of the molecule is C#CCCCC(O)C(C)CCC. The van der Waals surface area contributed by atoms with E-state index in [9.17, 15) is 5.11 Å². The first kappa shape index (κ1) is 11.5. The van der Waals surface area contributed by atoms with Crippen molar-refractivity contribution in [1.29, 1.82) is 0 Å². The molecular weight excluding hydrogens is 148 g/mol. The summed E-state index contributed by atoms with van der Waals surface area (Å²) in [4.78, 5) is 0. The van der Waals surface area contributed by atoms with E-state index >= 15 is 0 Å². The molecule has 0 radical (unpaired) electrons. The van der Waals surface area contributed by atoms with Crippen LogP contribution < -0.4 is 0 Å². The molecule has 0 heterocycles. The van der Waals surface area contributed by atoms with Gasteiger partial charge in [0.1, 0.15) is 0 Å². The van der Waals surface area contributed by atoms with Gasteiger partial charge in [0.25, 0.3) is 0 Å². The second-order valence-corrected chi connectivity index (χ2v) is 3.43. The van der Waals surface area contributed by atoms with E-state index in [1.165, 1.54) is 0 Å². The summed E-state index contributed by atoms with van der Waals surface area (Å²) in [6.07, 6.45) is 9.81. The fourth-order valence-corrected chi connectivity index (χ4v) is 1.35. The van der Waals surface area contributed by atoms with Gasteiger partial charge in [-0.25, -0.2) is 0 Å². The van der Waals surface area contributed by atoms with Crippen molar-refractivity contribution in [1.82, 2.24) is 0 Å². The smallest absolute Gasteiger partial charge is 0.0566 e. The van der Waals surface area contributed by atoms with E-state index in [0.29, 0.717) is 5.92 Å². The Hall–Kier alpha value is -0.480. The van der Waals surface area contributed by atoms with Gasteiger partial charge in [-0.2, -0.15) is 0 Å². The third kappa shape index (κ3) is 5.21. The molecule has 0 aliphatic rings. The molecular formula is C11H20O. The Morgan fingerprint density at radius 1 is 1.42 bits per heavy atom. The summed E-state index contributed by atoms with van der Waals surface area (Å²) in [7, 11) is 0. The molecule has 0 spiro atoms. The van der Waals surface area contributed by atoms with E-state index in [0.717, 1.165) is 32.1 Å². The number of aliphatic hydroxyl groups is 1. The standard InChI is InChI=1S/C11H20O/c1-4-6-7-9-11(12)10(3)8-5-2/h1,10-12H,5-9H2,2-3H3. The monoisotopic (exact) mass is 168 g/mol. The van der Waals surface area contributed by atoms with Gasteiger partial charge >= 0.3 is 0 Å². The van der Waals surface area contributed by atoms with Crippen molar-refractivity contribution in [3.63, 3.8) is 0 Å². The zero-order valence-corrected chi connectivity index (χ0v) is 8.21. The molecule has 0 rings (SSSR count). The van der Waals surface area contributed by atoms with Gasteiger partial charge in [0.05, 0.1) is 6.10 Å². The summed E-state index contributed by atoms with van der Waals surface area (Å²) in [6.45, 7) is 4.24. The second-order valence-electron chi connectivity index (χ2n) is 3.43. The zero-order chi connectivity index (χ0) is 9.40. The number of unbranched alkanes of at least 4 members (excludes halogenated alkanes) is 1. The molecule has 1 heteroatoms. The van der Waals surface area contributed by atoms with Crippen LogP contribution in [0.3, 0.4) is 0 Å². The van der Waals surface area contributed by atoms with Crippen LogP contribution in [0.2, 0.25) is 0 Å². The van der Waals surface area contributed by atoms with Crippen LogP contribution >= 0.6 is 0 Å². The predicted octanol–water partition coefficient (Wildman–Crippen LogP) is 2.59. The molecule has 0 saturated carbocycles. The normalized spacial score (nSPS) is 15.2. The predicted molar refractivity (Wildman–Crippen MR) is 52.8 cm³/mol. The average Bonchev–Trinajstić information content (AvgIpc) is 2.05. The van der Waals surface area contributed by atoms with Crippen LogP contribution in [0.5, 0.6) is 0 Å². The first-order valence-corrected chi connectivity index (χ1v) is 4.83. The highest BCUT2D eigenvalue weighted by molar-refractivity contribution is 4.83. The van der Waals surface area contributed by atoms with Crippen molar-refractivity contribution in [2.75, 3.05) is 0 Å². The van der Waals surface area contributed by atoms with Crippen molar-refractivity contribution < 1.29 is 5.11 Å². The summed E-state index contributed by atoms with van der Waals surface area (Å²) in [6, 6.07) is 0. The number of aliphatic hydroxyl groups excluding tert-OH is 1. The Bertz CT molecular complexity index is 134. The van der Waals surface area contributed by atoms with E-state index in [1.807, 2.05) is 0 Å². The zero-order valence-electron chi connectivity index (χ0n) is 8.21. The van der Waals surface area contributed by atoms with Gasteiger partial charge < -0.3 is 5.11 Å². The molecule has 0 bridgehead atoms. The molecule has 1 N–H and O–H groups in total. The van der Waals surface area contributed by atoms with Crippen LogP contribution in [0.4, 0.5) is 0 Å². The summed E-state index contributed by atoms with van der Waals surface area (Å²) in [5.41, 5.74) is 0. The highest BCUT2D eigenvalue weighted by atomic mass is 16.3. The van der Waals surface area contributed by atoms with Crippen LogP contribution in [-0.4, -0.2) is 11.2 Å². The maximum atomic E-state index is 9.61. The lowest BCUT2D eigenvalue weighted by atomic mass is 9.95. The lowest BCUT2D eigenvalue weighted by Crippen LogP contribution is -2.17. The first-order valence-electron chi connectivity index (χ1n) is 4.83. The molecule has 0 aliphatic carbocycles. The van der Waals surface area contributed by atoms with Crippen LogP contribution in [-0.2, 0) is 0 Å². The molecule has 0 fully saturated rings. The quantitative estimate of drug-likeness (QED) is 0.477. The Morgan fingerprint density at radius 3 is 2.58 bits per heavy atom. The second kappa shape index (κ2) is 7.18. The van der Waals surface area contributed by atoms with Crippen LogP contribution in [0.1, 0.15) is 46.0 Å². The summed E-state index contributed by atoms with van der Waals surface area (Å²) < 4.78 is 0. The number of terminal acetylenes is 1. The molecule has 0 aliphatic heterocycles. The minimum absolute atomic E-state index is 0.154. The fraction of sp³-hybridized carbons (Fsp3) is 0.818. The van der Waals surface area contributed by atoms with Crippen molar-refractivity contribution in [3.8, 4) is 12.3 Å². The Kier molecular flexibility index (Phi) is 6.90. The third-order valence-electron chi connectivity index (χ3n) is 2.22. The molecule has 0 saturated heterocycles. The summed E-state index contributed by atoms with van der Waals surface area (Å²) in [5, 5.41) is 9.61. The molecule has 1 nitrogen and oxygen atoms in total. The minimum atomic E-state index is -0.154. The van der Waals surface area contributed by atoms with E-state index in [-0.39, 0.29) is 6.10 Å². The Morgan fingerprint density at radius 2 is 2.08 bits per heavy atom. The van der Waals surface area contributed by atoms with E-state index < -0.39 is 0 Å². The largest absolute Gasteiger partial charge is 0.393 e. The van der Waals surface area contributed by atoms with E-state index in [2.05, 4.69) is 19.8 Å². The summed E-state index contributed by atoms with van der Waals surface area (Å²) in [5.74, 6) is 3.01. The van der Waals surface area contributed by atoms with Gasteiger partial charge in [-0.3, -0.25) is 0 Å². The number of hydrogen-bond acceptors (Lipinski definition) is 1. The molecule has 2 unspecified atom stereocenters. The molecule has 2 atom stereocenters.